The number of benzene rings is 1. The topological polar surface area (TPSA) is 75.6 Å². The van der Waals surface area contributed by atoms with Crippen molar-refractivity contribution in [2.24, 2.45) is 0 Å². The molecule has 0 heterocycles. The molecule has 21 heavy (non-hydrogen) atoms. The van der Waals surface area contributed by atoms with E-state index in [1.54, 1.807) is 6.92 Å². The second kappa shape index (κ2) is 7.17. The lowest BCUT2D eigenvalue weighted by Gasteiger charge is -2.22. The molecule has 0 bridgehead atoms. The van der Waals surface area contributed by atoms with Gasteiger partial charge in [0.2, 0.25) is 0 Å². The van der Waals surface area contributed by atoms with E-state index in [1.165, 1.54) is 38.1 Å². The Bertz CT molecular complexity index is 493. The van der Waals surface area contributed by atoms with Crippen LogP contribution in [-0.4, -0.2) is 35.1 Å². The fraction of sp³-hybridized carbons (Fsp3) is 0.467. The highest BCUT2D eigenvalue weighted by atomic mass is 19.1. The van der Waals surface area contributed by atoms with E-state index < -0.39 is 29.2 Å². The predicted octanol–water partition coefficient (Wildman–Crippen LogP) is 1.90. The summed E-state index contributed by atoms with van der Waals surface area (Å²) >= 11 is 0. The third kappa shape index (κ3) is 5.51. The molecule has 1 aromatic carbocycles. The molecule has 0 fully saturated rings. The normalized spacial score (nSPS) is 12.6. The van der Waals surface area contributed by atoms with Gasteiger partial charge in [0, 0.05) is 12.1 Å². The van der Waals surface area contributed by atoms with Gasteiger partial charge in [-0.05, 0) is 45.0 Å². The summed E-state index contributed by atoms with van der Waals surface area (Å²) < 4.78 is 17.8. The van der Waals surface area contributed by atoms with Crippen molar-refractivity contribution < 1.29 is 23.8 Å². The Morgan fingerprint density at radius 2 is 1.90 bits per heavy atom. The largest absolute Gasteiger partial charge is 0.464 e. The smallest absolute Gasteiger partial charge is 0.329 e. The molecule has 1 aromatic rings. The number of halogens is 1. The molecule has 2 N–H and O–H groups in total. The maximum Gasteiger partial charge on any atom is 0.329 e. The molecule has 0 spiro atoms. The highest BCUT2D eigenvalue weighted by Gasteiger charge is 2.30. The number of rotatable bonds is 7. The fourth-order valence-corrected chi connectivity index (χ4v) is 1.62. The van der Waals surface area contributed by atoms with E-state index in [-0.39, 0.29) is 13.0 Å². The van der Waals surface area contributed by atoms with Crippen molar-refractivity contribution in [3.8, 4) is 0 Å². The molecule has 0 amide bonds. The van der Waals surface area contributed by atoms with E-state index in [1.807, 2.05) is 0 Å². The van der Waals surface area contributed by atoms with E-state index in [2.05, 4.69) is 5.32 Å². The zero-order chi connectivity index (χ0) is 16.0. The van der Waals surface area contributed by atoms with Gasteiger partial charge in [0.25, 0.3) is 0 Å². The predicted molar refractivity (Wildman–Crippen MR) is 76.4 cm³/mol. The van der Waals surface area contributed by atoms with E-state index in [9.17, 15) is 19.1 Å². The van der Waals surface area contributed by atoms with Crippen LogP contribution in [0.2, 0.25) is 0 Å². The van der Waals surface area contributed by atoms with Gasteiger partial charge in [0.05, 0.1) is 6.61 Å². The molecule has 0 aromatic heterocycles. The Morgan fingerprint density at radius 1 is 1.33 bits per heavy atom. The first-order chi connectivity index (χ1) is 9.74. The Hall–Kier alpha value is -1.95. The van der Waals surface area contributed by atoms with Gasteiger partial charge >= 0.3 is 5.97 Å². The number of hydrogen-bond acceptors (Lipinski definition) is 5. The van der Waals surface area contributed by atoms with Crippen molar-refractivity contribution in [3.63, 3.8) is 0 Å². The van der Waals surface area contributed by atoms with Crippen LogP contribution in [0.25, 0.3) is 0 Å². The number of aliphatic hydroxyl groups is 1. The summed E-state index contributed by atoms with van der Waals surface area (Å²) in [5, 5.41) is 12.5. The van der Waals surface area contributed by atoms with E-state index in [0.29, 0.717) is 5.69 Å². The van der Waals surface area contributed by atoms with Gasteiger partial charge in [-0.1, -0.05) is 0 Å². The highest BCUT2D eigenvalue weighted by molar-refractivity contribution is 5.92. The quantitative estimate of drug-likeness (QED) is 0.752. The number of hydrogen-bond donors (Lipinski definition) is 2. The Balaban J connectivity index is 2.84. The number of esters is 1. The van der Waals surface area contributed by atoms with Crippen LogP contribution in [0.5, 0.6) is 0 Å². The number of ether oxygens (including phenoxy) is 1. The number of Topliss-reactive ketones (excluding diaryl/α,β-unsaturated/α-hetero) is 1. The van der Waals surface area contributed by atoms with Crippen molar-refractivity contribution in [3.05, 3.63) is 30.1 Å². The SMILES string of the molecule is CCOC(=O)C(CC(=O)C(C)(C)O)Nc1ccc(F)cc1. The van der Waals surface area contributed by atoms with E-state index in [4.69, 9.17) is 4.74 Å². The van der Waals surface area contributed by atoms with Crippen LogP contribution < -0.4 is 5.32 Å². The molecule has 1 rings (SSSR count). The van der Waals surface area contributed by atoms with E-state index in [0.717, 1.165) is 0 Å². The maximum absolute atomic E-state index is 12.9. The minimum Gasteiger partial charge on any atom is -0.464 e. The van der Waals surface area contributed by atoms with Gasteiger partial charge in [-0.2, -0.15) is 0 Å². The number of carbonyl (C=O) groups excluding carboxylic acids is 2. The van der Waals surface area contributed by atoms with Gasteiger partial charge in [-0.3, -0.25) is 4.79 Å². The lowest BCUT2D eigenvalue weighted by Crippen LogP contribution is -2.40. The number of anilines is 1. The van der Waals surface area contributed by atoms with Crippen LogP contribution in [0.15, 0.2) is 24.3 Å². The van der Waals surface area contributed by atoms with Crippen molar-refractivity contribution in [2.75, 3.05) is 11.9 Å². The highest BCUT2D eigenvalue weighted by Crippen LogP contribution is 2.15. The molecule has 1 unspecified atom stereocenters. The minimum atomic E-state index is -1.53. The number of ketones is 1. The summed E-state index contributed by atoms with van der Waals surface area (Å²) in [4.78, 5) is 23.8. The zero-order valence-electron chi connectivity index (χ0n) is 12.4. The lowest BCUT2D eigenvalue weighted by atomic mass is 9.97. The molecule has 5 nitrogen and oxygen atoms in total. The first kappa shape index (κ1) is 17.1. The second-order valence-corrected chi connectivity index (χ2v) is 5.14. The average molecular weight is 297 g/mol. The molecule has 0 saturated heterocycles. The second-order valence-electron chi connectivity index (χ2n) is 5.14. The third-order valence-corrected chi connectivity index (χ3v) is 2.83. The van der Waals surface area contributed by atoms with Gasteiger partial charge in [-0.25, -0.2) is 9.18 Å². The van der Waals surface area contributed by atoms with Crippen LogP contribution >= 0.6 is 0 Å². The van der Waals surface area contributed by atoms with Crippen molar-refractivity contribution in [1.82, 2.24) is 0 Å². The number of carbonyl (C=O) groups is 2. The van der Waals surface area contributed by atoms with Crippen LogP contribution in [0.1, 0.15) is 27.2 Å². The van der Waals surface area contributed by atoms with Crippen molar-refractivity contribution in [1.29, 1.82) is 0 Å². The Morgan fingerprint density at radius 3 is 2.38 bits per heavy atom. The standard InChI is InChI=1S/C15H20FNO4/c1-4-21-14(19)12(9-13(18)15(2,3)20)17-11-7-5-10(16)6-8-11/h5-8,12,17,20H,4,9H2,1-3H3. The monoisotopic (exact) mass is 297 g/mol. The van der Waals surface area contributed by atoms with Crippen LogP contribution in [0, 0.1) is 5.82 Å². The van der Waals surface area contributed by atoms with Crippen molar-refractivity contribution >= 4 is 17.4 Å². The molecule has 1 atom stereocenters. The minimum absolute atomic E-state index is 0.178. The summed E-state index contributed by atoms with van der Waals surface area (Å²) in [6, 6.07) is 4.45. The average Bonchev–Trinajstić information content (AvgIpc) is 2.39. The molecule has 0 aliphatic rings. The van der Waals surface area contributed by atoms with Crippen molar-refractivity contribution in [2.45, 2.75) is 38.8 Å². The first-order valence-corrected chi connectivity index (χ1v) is 6.68. The van der Waals surface area contributed by atoms with Crippen LogP contribution in [0.3, 0.4) is 0 Å². The lowest BCUT2D eigenvalue weighted by molar-refractivity contribution is -0.147. The fourth-order valence-electron chi connectivity index (χ4n) is 1.62. The maximum atomic E-state index is 12.9. The molecule has 0 radical (unpaired) electrons. The van der Waals surface area contributed by atoms with E-state index >= 15 is 0 Å². The molecular formula is C15H20FNO4. The van der Waals surface area contributed by atoms with Crippen LogP contribution in [-0.2, 0) is 14.3 Å². The molecular weight excluding hydrogens is 277 g/mol. The molecule has 116 valence electrons. The van der Waals surface area contributed by atoms with Gasteiger partial charge in [0.15, 0.2) is 5.78 Å². The summed E-state index contributed by atoms with van der Waals surface area (Å²) in [6.07, 6.45) is -0.223. The molecule has 6 heteroatoms. The molecule has 0 aliphatic carbocycles. The summed E-state index contributed by atoms with van der Waals surface area (Å²) in [6.45, 7) is 4.55. The Kier molecular flexibility index (Phi) is 5.84. The third-order valence-electron chi connectivity index (χ3n) is 2.83. The van der Waals surface area contributed by atoms with Crippen LogP contribution in [0.4, 0.5) is 10.1 Å². The summed E-state index contributed by atoms with van der Waals surface area (Å²) in [5.74, 6) is -1.49. The zero-order valence-corrected chi connectivity index (χ0v) is 12.4. The van der Waals surface area contributed by atoms with Gasteiger partial charge in [-0.15, -0.1) is 0 Å². The Labute approximate surface area is 123 Å². The first-order valence-electron chi connectivity index (χ1n) is 6.68. The summed E-state index contributed by atoms with van der Waals surface area (Å²) in [7, 11) is 0. The summed E-state index contributed by atoms with van der Waals surface area (Å²) in [5.41, 5.74) is -1.05. The molecule has 0 saturated carbocycles. The van der Waals surface area contributed by atoms with Gasteiger partial charge in [0.1, 0.15) is 17.5 Å². The number of nitrogens with one attached hydrogen (secondary N) is 1. The molecule has 0 aliphatic heterocycles. The van der Waals surface area contributed by atoms with Gasteiger partial charge < -0.3 is 15.2 Å².